The topological polar surface area (TPSA) is 57.3 Å². The molecule has 0 radical (unpaired) electrons. The van der Waals surface area contributed by atoms with Crippen molar-refractivity contribution in [1.29, 1.82) is 0 Å². The lowest BCUT2D eigenvalue weighted by atomic mass is 10.2. The fraction of sp³-hybridized carbons (Fsp3) is 0.200. The largest absolute Gasteiger partial charge is 0.367 e. The van der Waals surface area contributed by atoms with Crippen LogP contribution in [0, 0.1) is 6.92 Å². The molecular weight excluding hydrogens is 252 g/mol. The summed E-state index contributed by atoms with van der Waals surface area (Å²) in [6, 6.07) is 11.3. The van der Waals surface area contributed by atoms with E-state index >= 15 is 0 Å². The molecule has 0 saturated heterocycles. The average Bonchev–Trinajstić information content (AvgIpc) is 2.49. The van der Waals surface area contributed by atoms with E-state index in [2.05, 4.69) is 15.6 Å². The van der Waals surface area contributed by atoms with Gasteiger partial charge in [-0.05, 0) is 31.2 Å². The van der Waals surface area contributed by atoms with E-state index in [0.717, 1.165) is 17.2 Å². The smallest absolute Gasteiger partial charge is 0.326 e. The lowest BCUT2D eigenvalue weighted by Crippen LogP contribution is -2.41. The molecule has 1 aromatic carbocycles. The predicted octanol–water partition coefficient (Wildman–Crippen LogP) is 2.85. The van der Waals surface area contributed by atoms with Crippen molar-refractivity contribution < 1.29 is 4.79 Å². The van der Waals surface area contributed by atoms with Crippen molar-refractivity contribution in [3.8, 4) is 0 Å². The van der Waals surface area contributed by atoms with Crippen LogP contribution in [0.2, 0.25) is 0 Å². The van der Waals surface area contributed by atoms with Crippen LogP contribution < -0.4 is 15.5 Å². The molecule has 2 amide bonds. The minimum Gasteiger partial charge on any atom is -0.367 e. The summed E-state index contributed by atoms with van der Waals surface area (Å²) in [5.74, 6) is 0.748. The van der Waals surface area contributed by atoms with Gasteiger partial charge in [0, 0.05) is 25.0 Å². The molecule has 0 atom stereocenters. The van der Waals surface area contributed by atoms with Crippen LogP contribution in [0.3, 0.4) is 0 Å². The summed E-state index contributed by atoms with van der Waals surface area (Å²) in [5.41, 5.74) is 2.77. The van der Waals surface area contributed by atoms with Gasteiger partial charge in [0.15, 0.2) is 0 Å². The molecule has 5 nitrogen and oxygen atoms in total. The molecule has 102 valence electrons. The van der Waals surface area contributed by atoms with Crippen molar-refractivity contribution >= 4 is 23.2 Å². The van der Waals surface area contributed by atoms with E-state index in [1.807, 2.05) is 43.3 Å². The number of urea groups is 1. The van der Waals surface area contributed by atoms with Crippen LogP contribution in [-0.4, -0.2) is 24.1 Å². The first-order valence-electron chi connectivity index (χ1n) is 6.58. The van der Waals surface area contributed by atoms with Crippen LogP contribution >= 0.6 is 0 Å². The van der Waals surface area contributed by atoms with Gasteiger partial charge in [0.2, 0.25) is 0 Å². The lowest BCUT2D eigenvalue weighted by molar-refractivity contribution is 0.257. The Labute approximate surface area is 117 Å². The third-order valence-electron chi connectivity index (χ3n) is 3.25. The Morgan fingerprint density at radius 1 is 1.30 bits per heavy atom. The molecule has 20 heavy (non-hydrogen) atoms. The Bertz CT molecular complexity index is 624. The summed E-state index contributed by atoms with van der Waals surface area (Å²) in [4.78, 5) is 18.3. The van der Waals surface area contributed by atoms with E-state index in [-0.39, 0.29) is 6.03 Å². The number of carbonyl (C=O) groups excluding carboxylic acids is 1. The average molecular weight is 268 g/mol. The van der Waals surface area contributed by atoms with Gasteiger partial charge < -0.3 is 10.6 Å². The van der Waals surface area contributed by atoms with Crippen LogP contribution in [-0.2, 0) is 0 Å². The molecule has 2 aromatic rings. The Morgan fingerprint density at radius 2 is 2.10 bits per heavy atom. The van der Waals surface area contributed by atoms with Crippen LogP contribution in [0.1, 0.15) is 5.56 Å². The number of aryl methyl sites for hydroxylation is 1. The molecule has 2 heterocycles. The summed E-state index contributed by atoms with van der Waals surface area (Å²) in [6.45, 7) is 3.34. The van der Waals surface area contributed by atoms with Gasteiger partial charge in [0.1, 0.15) is 5.82 Å². The highest BCUT2D eigenvalue weighted by Crippen LogP contribution is 2.26. The van der Waals surface area contributed by atoms with Crippen LogP contribution in [0.15, 0.2) is 42.6 Å². The van der Waals surface area contributed by atoms with Gasteiger partial charge >= 0.3 is 6.03 Å². The van der Waals surface area contributed by atoms with Crippen molar-refractivity contribution in [1.82, 2.24) is 4.98 Å². The standard InChI is InChI=1S/C15H16N4O/c1-11-4-6-12(7-5-11)18-15(20)19-10-9-17-14-13(19)3-2-8-16-14/h2-8H,9-10H2,1H3,(H,16,17)(H,18,20). The highest BCUT2D eigenvalue weighted by molar-refractivity contribution is 6.03. The molecule has 5 heteroatoms. The van der Waals surface area contributed by atoms with Gasteiger partial charge in [-0.2, -0.15) is 0 Å². The van der Waals surface area contributed by atoms with Crippen molar-refractivity contribution in [2.45, 2.75) is 6.92 Å². The molecule has 0 unspecified atom stereocenters. The van der Waals surface area contributed by atoms with Gasteiger partial charge in [-0.25, -0.2) is 9.78 Å². The summed E-state index contributed by atoms with van der Waals surface area (Å²) >= 11 is 0. The zero-order valence-corrected chi connectivity index (χ0v) is 11.3. The first-order valence-corrected chi connectivity index (χ1v) is 6.58. The number of pyridine rings is 1. The Hall–Kier alpha value is -2.56. The zero-order valence-electron chi connectivity index (χ0n) is 11.3. The Kier molecular flexibility index (Phi) is 3.25. The Morgan fingerprint density at radius 3 is 2.90 bits per heavy atom. The molecule has 0 saturated carbocycles. The quantitative estimate of drug-likeness (QED) is 0.836. The summed E-state index contributed by atoms with van der Waals surface area (Å²) in [6.07, 6.45) is 1.72. The van der Waals surface area contributed by atoms with E-state index in [1.165, 1.54) is 5.56 Å². The van der Waals surface area contributed by atoms with Gasteiger partial charge in [0.25, 0.3) is 0 Å². The number of hydrogen-bond acceptors (Lipinski definition) is 3. The first kappa shape index (κ1) is 12.5. The molecule has 0 bridgehead atoms. The number of carbonyl (C=O) groups is 1. The number of nitrogens with zero attached hydrogens (tertiary/aromatic N) is 2. The molecule has 2 N–H and O–H groups in total. The number of hydrogen-bond donors (Lipinski definition) is 2. The molecule has 3 rings (SSSR count). The highest BCUT2D eigenvalue weighted by atomic mass is 16.2. The molecule has 0 aliphatic carbocycles. The van der Waals surface area contributed by atoms with Gasteiger partial charge in [-0.3, -0.25) is 4.90 Å². The van der Waals surface area contributed by atoms with Crippen molar-refractivity contribution in [2.24, 2.45) is 0 Å². The van der Waals surface area contributed by atoms with Crippen molar-refractivity contribution in [3.05, 3.63) is 48.2 Å². The number of anilines is 3. The fourth-order valence-corrected chi connectivity index (χ4v) is 2.20. The highest BCUT2D eigenvalue weighted by Gasteiger charge is 2.22. The zero-order chi connectivity index (χ0) is 13.9. The van der Waals surface area contributed by atoms with Gasteiger partial charge in [0.05, 0.1) is 5.69 Å². The summed E-state index contributed by atoms with van der Waals surface area (Å²) in [7, 11) is 0. The third-order valence-corrected chi connectivity index (χ3v) is 3.25. The normalized spacial score (nSPS) is 13.3. The van der Waals surface area contributed by atoms with Crippen molar-refractivity contribution in [2.75, 3.05) is 28.6 Å². The molecule has 0 fully saturated rings. The van der Waals surface area contributed by atoms with Crippen LogP contribution in [0.25, 0.3) is 0 Å². The monoisotopic (exact) mass is 268 g/mol. The predicted molar refractivity (Wildman–Crippen MR) is 80.3 cm³/mol. The van der Waals surface area contributed by atoms with E-state index in [9.17, 15) is 4.79 Å². The molecule has 0 spiro atoms. The second-order valence-corrected chi connectivity index (χ2v) is 4.75. The van der Waals surface area contributed by atoms with E-state index in [0.29, 0.717) is 13.1 Å². The van der Waals surface area contributed by atoms with Crippen LogP contribution in [0.5, 0.6) is 0 Å². The van der Waals surface area contributed by atoms with Crippen molar-refractivity contribution in [3.63, 3.8) is 0 Å². The summed E-state index contributed by atoms with van der Waals surface area (Å²) < 4.78 is 0. The number of amides is 2. The van der Waals surface area contributed by atoms with E-state index in [4.69, 9.17) is 0 Å². The minimum absolute atomic E-state index is 0.135. The molecule has 1 aliphatic heterocycles. The molecular formula is C15H16N4O. The Balaban J connectivity index is 1.80. The first-order chi connectivity index (χ1) is 9.74. The molecule has 1 aliphatic rings. The number of nitrogens with one attached hydrogen (secondary N) is 2. The number of rotatable bonds is 1. The second kappa shape index (κ2) is 5.21. The fourth-order valence-electron chi connectivity index (χ4n) is 2.20. The maximum absolute atomic E-state index is 12.4. The molecule has 1 aromatic heterocycles. The lowest BCUT2D eigenvalue weighted by Gasteiger charge is -2.29. The SMILES string of the molecule is Cc1ccc(NC(=O)N2CCNc3ncccc32)cc1. The van der Waals surface area contributed by atoms with E-state index < -0.39 is 0 Å². The number of benzene rings is 1. The van der Waals surface area contributed by atoms with Gasteiger partial charge in [-0.15, -0.1) is 0 Å². The number of fused-ring (bicyclic) bond motifs is 1. The maximum atomic E-state index is 12.4. The summed E-state index contributed by atoms with van der Waals surface area (Å²) in [5, 5.41) is 6.10. The van der Waals surface area contributed by atoms with Gasteiger partial charge in [-0.1, -0.05) is 17.7 Å². The maximum Gasteiger partial charge on any atom is 0.326 e. The number of aromatic nitrogens is 1. The van der Waals surface area contributed by atoms with Crippen LogP contribution in [0.4, 0.5) is 22.0 Å². The minimum atomic E-state index is -0.135. The van der Waals surface area contributed by atoms with E-state index in [1.54, 1.807) is 11.1 Å². The third kappa shape index (κ3) is 2.42. The second-order valence-electron chi connectivity index (χ2n) is 4.75.